The zero-order valence-corrected chi connectivity index (χ0v) is 10.1. The van der Waals surface area contributed by atoms with Gasteiger partial charge in [0.1, 0.15) is 11.6 Å². The lowest BCUT2D eigenvalue weighted by Gasteiger charge is -2.14. The fraction of sp³-hybridized carbons (Fsp3) is 0.667. The van der Waals surface area contributed by atoms with Gasteiger partial charge in [-0.25, -0.2) is 9.97 Å². The van der Waals surface area contributed by atoms with Gasteiger partial charge in [-0.05, 0) is 26.3 Å². The van der Waals surface area contributed by atoms with E-state index in [-0.39, 0.29) is 0 Å². The maximum absolute atomic E-state index is 5.42. The number of anilines is 1. The zero-order valence-electron chi connectivity index (χ0n) is 10.1. The third-order valence-corrected chi connectivity index (χ3v) is 3.37. The van der Waals surface area contributed by atoms with E-state index in [1.807, 2.05) is 6.92 Å². The van der Waals surface area contributed by atoms with E-state index in [2.05, 4.69) is 20.6 Å². The van der Waals surface area contributed by atoms with Crippen LogP contribution in [0.4, 0.5) is 5.82 Å². The molecule has 1 fully saturated rings. The van der Waals surface area contributed by atoms with Crippen molar-refractivity contribution in [1.29, 1.82) is 0 Å². The number of fused-ring (bicyclic) bond motifs is 1. The Morgan fingerprint density at radius 2 is 2.35 bits per heavy atom. The molecule has 0 radical (unpaired) electrons. The van der Waals surface area contributed by atoms with E-state index in [4.69, 9.17) is 4.74 Å². The molecule has 0 bridgehead atoms. The first-order valence-electron chi connectivity index (χ1n) is 6.24. The van der Waals surface area contributed by atoms with Crippen LogP contribution in [-0.2, 0) is 18.0 Å². The van der Waals surface area contributed by atoms with Crippen molar-refractivity contribution < 1.29 is 4.74 Å². The second kappa shape index (κ2) is 4.58. The normalized spacial score (nSPS) is 22.8. The topological polar surface area (TPSA) is 59.1 Å². The number of aromatic nitrogens is 2. The van der Waals surface area contributed by atoms with Crippen LogP contribution in [0.3, 0.4) is 0 Å². The van der Waals surface area contributed by atoms with Gasteiger partial charge in [0.2, 0.25) is 0 Å². The summed E-state index contributed by atoms with van der Waals surface area (Å²) >= 11 is 0. The van der Waals surface area contributed by atoms with E-state index in [1.165, 1.54) is 12.8 Å². The van der Waals surface area contributed by atoms with Crippen LogP contribution in [-0.4, -0.2) is 29.1 Å². The van der Waals surface area contributed by atoms with Crippen molar-refractivity contribution in [1.82, 2.24) is 15.3 Å². The average molecular weight is 234 g/mol. The highest BCUT2D eigenvalue weighted by atomic mass is 16.5. The Balaban J connectivity index is 1.73. The molecule has 0 aliphatic carbocycles. The molecule has 0 saturated carbocycles. The predicted molar refractivity (Wildman–Crippen MR) is 64.8 cm³/mol. The van der Waals surface area contributed by atoms with Crippen molar-refractivity contribution in [3.05, 3.63) is 17.1 Å². The molecule has 1 unspecified atom stereocenters. The Hall–Kier alpha value is -1.20. The molecular formula is C12H18N4O. The Kier molecular flexibility index (Phi) is 2.94. The van der Waals surface area contributed by atoms with Crippen LogP contribution in [0.5, 0.6) is 0 Å². The number of hydrogen-bond donors (Lipinski definition) is 2. The molecule has 0 spiro atoms. The molecule has 1 saturated heterocycles. The molecule has 2 aliphatic heterocycles. The smallest absolute Gasteiger partial charge is 0.135 e. The SMILES string of the molecule is Cc1nc2c(c(NCC3CCCN3)n1)COC2. The van der Waals surface area contributed by atoms with Crippen LogP contribution in [0.15, 0.2) is 0 Å². The minimum absolute atomic E-state index is 0.572. The van der Waals surface area contributed by atoms with Crippen molar-refractivity contribution in [2.24, 2.45) is 0 Å². The van der Waals surface area contributed by atoms with E-state index in [0.717, 1.165) is 36.0 Å². The van der Waals surface area contributed by atoms with Crippen LogP contribution in [0.2, 0.25) is 0 Å². The number of aryl methyl sites for hydroxylation is 1. The molecular weight excluding hydrogens is 216 g/mol. The first kappa shape index (κ1) is 10.9. The van der Waals surface area contributed by atoms with Gasteiger partial charge in [0, 0.05) is 18.2 Å². The first-order chi connectivity index (χ1) is 8.33. The lowest BCUT2D eigenvalue weighted by Crippen LogP contribution is -2.30. The van der Waals surface area contributed by atoms with Gasteiger partial charge in [0.05, 0.1) is 18.9 Å². The van der Waals surface area contributed by atoms with Gasteiger partial charge in [-0.1, -0.05) is 0 Å². The highest BCUT2D eigenvalue weighted by Gasteiger charge is 2.20. The standard InChI is InChI=1S/C12H18N4O/c1-8-15-11-7-17-6-10(11)12(16-8)14-5-9-3-2-4-13-9/h9,13H,2-7H2,1H3,(H,14,15,16). The highest BCUT2D eigenvalue weighted by molar-refractivity contribution is 5.47. The van der Waals surface area contributed by atoms with Gasteiger partial charge in [-0.2, -0.15) is 0 Å². The molecule has 92 valence electrons. The van der Waals surface area contributed by atoms with Crippen LogP contribution in [0, 0.1) is 6.92 Å². The summed E-state index contributed by atoms with van der Waals surface area (Å²) in [6.07, 6.45) is 2.52. The van der Waals surface area contributed by atoms with Gasteiger partial charge in [-0.3, -0.25) is 0 Å². The molecule has 0 aromatic carbocycles. The quantitative estimate of drug-likeness (QED) is 0.816. The van der Waals surface area contributed by atoms with Crippen LogP contribution in [0.25, 0.3) is 0 Å². The third kappa shape index (κ3) is 2.25. The second-order valence-corrected chi connectivity index (χ2v) is 4.71. The van der Waals surface area contributed by atoms with Crippen LogP contribution >= 0.6 is 0 Å². The van der Waals surface area contributed by atoms with Crippen LogP contribution in [0.1, 0.15) is 29.9 Å². The largest absolute Gasteiger partial charge is 0.370 e. The van der Waals surface area contributed by atoms with Crippen molar-refractivity contribution in [3.63, 3.8) is 0 Å². The summed E-state index contributed by atoms with van der Waals surface area (Å²) in [5.74, 6) is 1.77. The second-order valence-electron chi connectivity index (χ2n) is 4.71. The number of hydrogen-bond acceptors (Lipinski definition) is 5. The van der Waals surface area contributed by atoms with Crippen molar-refractivity contribution in [2.45, 2.75) is 39.0 Å². The molecule has 5 nitrogen and oxygen atoms in total. The number of rotatable bonds is 3. The Morgan fingerprint density at radius 1 is 1.41 bits per heavy atom. The fourth-order valence-corrected chi connectivity index (χ4v) is 2.47. The minimum atomic E-state index is 0.572. The van der Waals surface area contributed by atoms with E-state index in [1.54, 1.807) is 0 Å². The molecule has 2 N–H and O–H groups in total. The summed E-state index contributed by atoms with van der Waals surface area (Å²) in [4.78, 5) is 8.88. The van der Waals surface area contributed by atoms with E-state index in [0.29, 0.717) is 19.3 Å². The van der Waals surface area contributed by atoms with Crippen molar-refractivity contribution >= 4 is 5.82 Å². The fourth-order valence-electron chi connectivity index (χ4n) is 2.47. The van der Waals surface area contributed by atoms with E-state index < -0.39 is 0 Å². The van der Waals surface area contributed by atoms with E-state index in [9.17, 15) is 0 Å². The van der Waals surface area contributed by atoms with Gasteiger partial charge in [0.15, 0.2) is 0 Å². The molecule has 1 aromatic heterocycles. The lowest BCUT2D eigenvalue weighted by atomic mass is 10.2. The monoisotopic (exact) mass is 234 g/mol. The molecule has 3 rings (SSSR count). The number of ether oxygens (including phenoxy) is 1. The van der Waals surface area contributed by atoms with Crippen LogP contribution < -0.4 is 10.6 Å². The molecule has 1 aromatic rings. The lowest BCUT2D eigenvalue weighted by molar-refractivity contribution is 0.133. The van der Waals surface area contributed by atoms with Gasteiger partial charge >= 0.3 is 0 Å². The van der Waals surface area contributed by atoms with Gasteiger partial charge in [0.25, 0.3) is 0 Å². The maximum Gasteiger partial charge on any atom is 0.135 e. The summed E-state index contributed by atoms with van der Waals surface area (Å²) in [6.45, 7) is 5.25. The minimum Gasteiger partial charge on any atom is -0.370 e. The third-order valence-electron chi connectivity index (χ3n) is 3.37. The molecule has 1 atom stereocenters. The van der Waals surface area contributed by atoms with E-state index >= 15 is 0 Å². The zero-order chi connectivity index (χ0) is 11.7. The number of nitrogens with one attached hydrogen (secondary N) is 2. The maximum atomic E-state index is 5.42. The molecule has 0 amide bonds. The first-order valence-corrected chi connectivity index (χ1v) is 6.24. The number of nitrogens with zero attached hydrogens (tertiary/aromatic N) is 2. The predicted octanol–water partition coefficient (Wildman–Crippen LogP) is 0.979. The Labute approximate surface area is 101 Å². The highest BCUT2D eigenvalue weighted by Crippen LogP contribution is 2.24. The summed E-state index contributed by atoms with van der Waals surface area (Å²) in [6, 6.07) is 0.572. The van der Waals surface area contributed by atoms with Crippen molar-refractivity contribution in [3.8, 4) is 0 Å². The Morgan fingerprint density at radius 3 is 3.18 bits per heavy atom. The summed E-state index contributed by atoms with van der Waals surface area (Å²) in [5, 5.41) is 6.91. The summed E-state index contributed by atoms with van der Waals surface area (Å²) in [7, 11) is 0. The Bertz CT molecular complexity index is 415. The molecule has 5 heteroatoms. The van der Waals surface area contributed by atoms with Gasteiger partial charge < -0.3 is 15.4 Å². The average Bonchev–Trinajstić information content (AvgIpc) is 2.95. The molecule has 3 heterocycles. The van der Waals surface area contributed by atoms with Crippen molar-refractivity contribution in [2.75, 3.05) is 18.4 Å². The van der Waals surface area contributed by atoms with Gasteiger partial charge in [-0.15, -0.1) is 0 Å². The molecule has 2 aliphatic rings. The summed E-state index contributed by atoms with van der Waals surface area (Å²) < 4.78 is 5.42. The summed E-state index contributed by atoms with van der Waals surface area (Å²) in [5.41, 5.74) is 2.17. The molecule has 17 heavy (non-hydrogen) atoms.